The summed E-state index contributed by atoms with van der Waals surface area (Å²) >= 11 is 0. The van der Waals surface area contributed by atoms with E-state index in [1.54, 1.807) is 27.4 Å². The van der Waals surface area contributed by atoms with Crippen LogP contribution < -0.4 is 23.7 Å². The van der Waals surface area contributed by atoms with Crippen molar-refractivity contribution >= 4 is 5.71 Å². The number of likely N-dealkylation sites (N-methyl/N-ethyl adjacent to an activating group) is 1. The average Bonchev–Trinajstić information content (AvgIpc) is 3.25. The molecule has 0 aliphatic carbocycles. The van der Waals surface area contributed by atoms with Crippen molar-refractivity contribution < 1.29 is 28.9 Å². The molecular weight excluding hydrogens is 388 g/mol. The van der Waals surface area contributed by atoms with E-state index < -0.39 is 0 Å². The maximum absolute atomic E-state index is 9.84. The predicted octanol–water partition coefficient (Wildman–Crippen LogP) is 3.24. The zero-order valence-electron chi connectivity index (χ0n) is 17.6. The van der Waals surface area contributed by atoms with Crippen LogP contribution in [0.2, 0.25) is 0 Å². The van der Waals surface area contributed by atoms with Gasteiger partial charge in [-0.05, 0) is 43.3 Å². The van der Waals surface area contributed by atoms with E-state index >= 15 is 0 Å². The molecule has 0 amide bonds. The van der Waals surface area contributed by atoms with E-state index in [1.165, 1.54) is 0 Å². The Bertz CT molecular complexity index is 975. The predicted molar refractivity (Wildman–Crippen MR) is 111 cm³/mol. The van der Waals surface area contributed by atoms with E-state index in [1.807, 2.05) is 18.2 Å². The number of hydrogen-bond acceptors (Lipinski definition) is 8. The van der Waals surface area contributed by atoms with Gasteiger partial charge in [0.25, 0.3) is 0 Å². The van der Waals surface area contributed by atoms with Gasteiger partial charge < -0.3 is 28.9 Å². The fourth-order valence-corrected chi connectivity index (χ4v) is 4.20. The fraction of sp³-hybridized carbons (Fsp3) is 0.409. The minimum Gasteiger partial charge on any atom is -0.493 e. The summed E-state index contributed by atoms with van der Waals surface area (Å²) < 4.78 is 27.7. The molecule has 0 bridgehead atoms. The quantitative estimate of drug-likeness (QED) is 0.441. The lowest BCUT2D eigenvalue weighted by atomic mass is 9.87. The van der Waals surface area contributed by atoms with E-state index in [0.29, 0.717) is 40.9 Å². The number of nitrogens with zero attached hydrogens (tertiary/aromatic N) is 2. The number of benzene rings is 2. The van der Waals surface area contributed by atoms with Gasteiger partial charge in [0.2, 0.25) is 12.5 Å². The number of ether oxygens (including phenoxy) is 5. The molecule has 2 aromatic carbocycles. The molecular formula is C22H26N2O6. The summed E-state index contributed by atoms with van der Waals surface area (Å²) in [7, 11) is 6.86. The van der Waals surface area contributed by atoms with Gasteiger partial charge in [-0.25, -0.2) is 0 Å². The van der Waals surface area contributed by atoms with Gasteiger partial charge >= 0.3 is 0 Å². The Labute approximate surface area is 175 Å². The normalized spacial score (nSPS) is 18.1. The topological polar surface area (TPSA) is 82.0 Å². The van der Waals surface area contributed by atoms with Crippen LogP contribution in [0.4, 0.5) is 0 Å². The summed E-state index contributed by atoms with van der Waals surface area (Å²) in [6.45, 7) is 1.05. The lowest BCUT2D eigenvalue weighted by molar-refractivity contribution is 0.170. The molecule has 2 aliphatic rings. The third-order valence-electron chi connectivity index (χ3n) is 5.77. The molecule has 0 saturated carbocycles. The standard InChI is InChI=1S/C22H26N2O6/c1-24-8-7-14-10-19-21(30-12-29-19)22(28-4)20(14)16(24)11-15(23-25)13-5-6-17(26-2)18(9-13)27-3/h5-6,9-10,16,25H,7-8,11-12H2,1-4H3/b23-15-. The first-order valence-electron chi connectivity index (χ1n) is 9.74. The molecule has 8 heteroatoms. The molecule has 0 spiro atoms. The van der Waals surface area contributed by atoms with Crippen molar-refractivity contribution in [3.05, 3.63) is 41.0 Å². The highest BCUT2D eigenvalue weighted by atomic mass is 16.7. The van der Waals surface area contributed by atoms with Crippen molar-refractivity contribution in [1.29, 1.82) is 0 Å². The Kier molecular flexibility index (Phi) is 5.59. The molecule has 30 heavy (non-hydrogen) atoms. The number of fused-ring (bicyclic) bond motifs is 2. The maximum atomic E-state index is 9.84. The first kappa shape index (κ1) is 20.2. The van der Waals surface area contributed by atoms with Crippen LogP contribution in [0.3, 0.4) is 0 Å². The molecule has 1 unspecified atom stereocenters. The highest BCUT2D eigenvalue weighted by molar-refractivity contribution is 6.01. The van der Waals surface area contributed by atoms with Crippen molar-refractivity contribution in [3.63, 3.8) is 0 Å². The van der Waals surface area contributed by atoms with Crippen LogP contribution in [0.25, 0.3) is 0 Å². The first-order chi connectivity index (χ1) is 14.6. The number of rotatable bonds is 6. The molecule has 1 N–H and O–H groups in total. The molecule has 0 aromatic heterocycles. The molecule has 160 valence electrons. The second-order valence-electron chi connectivity index (χ2n) is 7.28. The Morgan fingerprint density at radius 2 is 1.93 bits per heavy atom. The van der Waals surface area contributed by atoms with Crippen LogP contribution in [0, 0.1) is 0 Å². The van der Waals surface area contributed by atoms with Crippen LogP contribution >= 0.6 is 0 Å². The minimum absolute atomic E-state index is 0.0582. The van der Waals surface area contributed by atoms with E-state index in [9.17, 15) is 5.21 Å². The van der Waals surface area contributed by atoms with Crippen LogP contribution in [0.1, 0.15) is 29.2 Å². The summed E-state index contributed by atoms with van der Waals surface area (Å²) in [5, 5.41) is 13.5. The molecule has 4 rings (SSSR count). The van der Waals surface area contributed by atoms with E-state index in [-0.39, 0.29) is 12.8 Å². The number of hydrogen-bond donors (Lipinski definition) is 1. The van der Waals surface area contributed by atoms with Gasteiger partial charge in [-0.15, -0.1) is 0 Å². The zero-order chi connectivity index (χ0) is 21.3. The van der Waals surface area contributed by atoms with Gasteiger partial charge in [-0.2, -0.15) is 0 Å². The van der Waals surface area contributed by atoms with Gasteiger partial charge in [0.1, 0.15) is 0 Å². The largest absolute Gasteiger partial charge is 0.493 e. The summed E-state index contributed by atoms with van der Waals surface area (Å²) in [5.41, 5.74) is 3.50. The summed E-state index contributed by atoms with van der Waals surface area (Å²) in [6.07, 6.45) is 1.35. The molecule has 0 fully saturated rings. The van der Waals surface area contributed by atoms with Crippen molar-refractivity contribution in [2.45, 2.75) is 18.9 Å². The Morgan fingerprint density at radius 1 is 1.13 bits per heavy atom. The van der Waals surface area contributed by atoms with E-state index in [4.69, 9.17) is 23.7 Å². The average molecular weight is 414 g/mol. The summed E-state index contributed by atoms with van der Waals surface area (Å²) in [5.74, 6) is 3.22. The van der Waals surface area contributed by atoms with E-state index in [2.05, 4.69) is 17.1 Å². The van der Waals surface area contributed by atoms with Gasteiger partial charge in [-0.1, -0.05) is 5.16 Å². The van der Waals surface area contributed by atoms with Gasteiger partial charge in [0.05, 0.1) is 27.0 Å². The van der Waals surface area contributed by atoms with Crippen LogP contribution in [-0.2, 0) is 6.42 Å². The zero-order valence-corrected chi connectivity index (χ0v) is 17.6. The third kappa shape index (κ3) is 3.37. The second kappa shape index (κ2) is 8.31. The lowest BCUT2D eigenvalue weighted by Crippen LogP contribution is -2.34. The summed E-state index contributed by atoms with van der Waals surface area (Å²) in [6, 6.07) is 7.45. The smallest absolute Gasteiger partial charge is 0.231 e. The molecule has 2 heterocycles. The van der Waals surface area contributed by atoms with E-state index in [0.717, 1.165) is 29.7 Å². The molecule has 0 radical (unpaired) electrons. The SMILES string of the molecule is COc1ccc(/C(CC2c3c(cc4c(c3OC)OCO4)CCN2C)=N\O)cc1OC. The highest BCUT2D eigenvalue weighted by Gasteiger charge is 2.35. The summed E-state index contributed by atoms with van der Waals surface area (Å²) in [4.78, 5) is 2.24. The minimum atomic E-state index is -0.0582. The molecule has 2 aliphatic heterocycles. The molecule has 2 aromatic rings. The number of methoxy groups -OCH3 is 3. The van der Waals surface area contributed by atoms with Crippen molar-refractivity contribution in [2.75, 3.05) is 41.7 Å². The first-order valence-corrected chi connectivity index (χ1v) is 9.74. The fourth-order valence-electron chi connectivity index (χ4n) is 4.20. The highest BCUT2D eigenvalue weighted by Crippen LogP contribution is 2.50. The maximum Gasteiger partial charge on any atom is 0.231 e. The number of oxime groups is 1. The van der Waals surface area contributed by atoms with Gasteiger partial charge in [0.15, 0.2) is 23.0 Å². The van der Waals surface area contributed by atoms with Gasteiger partial charge in [0, 0.05) is 30.1 Å². The van der Waals surface area contributed by atoms with Crippen molar-refractivity contribution in [3.8, 4) is 28.7 Å². The van der Waals surface area contributed by atoms with Crippen molar-refractivity contribution in [2.24, 2.45) is 5.16 Å². The van der Waals surface area contributed by atoms with Crippen LogP contribution in [-0.4, -0.2) is 57.5 Å². The molecule has 0 saturated heterocycles. The van der Waals surface area contributed by atoms with Crippen molar-refractivity contribution in [1.82, 2.24) is 4.90 Å². The third-order valence-corrected chi connectivity index (χ3v) is 5.77. The second-order valence-corrected chi connectivity index (χ2v) is 7.28. The van der Waals surface area contributed by atoms with Gasteiger partial charge in [-0.3, -0.25) is 4.90 Å². The van der Waals surface area contributed by atoms with Crippen LogP contribution in [0.5, 0.6) is 28.7 Å². The molecule has 1 atom stereocenters. The Balaban J connectivity index is 1.73. The lowest BCUT2D eigenvalue weighted by Gasteiger charge is -2.36. The Hall–Kier alpha value is -3.13. The Morgan fingerprint density at radius 3 is 2.63 bits per heavy atom. The molecule has 8 nitrogen and oxygen atoms in total. The monoisotopic (exact) mass is 414 g/mol. The van der Waals surface area contributed by atoms with Crippen LogP contribution in [0.15, 0.2) is 29.4 Å².